The minimum atomic E-state index is -0.587. The van der Waals surface area contributed by atoms with Gasteiger partial charge < -0.3 is 24.9 Å². The van der Waals surface area contributed by atoms with Crippen molar-refractivity contribution in [1.82, 2.24) is 10.6 Å². The minimum Gasteiger partial charge on any atom is -0.467 e. The van der Waals surface area contributed by atoms with Crippen molar-refractivity contribution in [3.05, 3.63) is 24.2 Å². The molecule has 0 bridgehead atoms. The third kappa shape index (κ3) is 6.18. The van der Waals surface area contributed by atoms with Gasteiger partial charge in [-0.25, -0.2) is 0 Å². The van der Waals surface area contributed by atoms with E-state index >= 15 is 0 Å². The number of hydrogen-bond acceptors (Lipinski definition) is 5. The van der Waals surface area contributed by atoms with Crippen LogP contribution in [0, 0.1) is 0 Å². The molecule has 0 saturated heterocycles. The van der Waals surface area contributed by atoms with Gasteiger partial charge in [0.05, 0.1) is 19.0 Å². The average Bonchev–Trinajstić information content (AvgIpc) is 3.07. The fraction of sp³-hybridized carbons (Fsp3) is 0.643. The molecule has 20 heavy (non-hydrogen) atoms. The highest BCUT2D eigenvalue weighted by Crippen LogP contribution is 2.18. The van der Waals surface area contributed by atoms with Gasteiger partial charge in [-0.05, 0) is 25.0 Å². The summed E-state index contributed by atoms with van der Waals surface area (Å²) in [5.41, 5.74) is 0. The van der Waals surface area contributed by atoms with Gasteiger partial charge in [-0.15, -0.1) is 0 Å². The molecule has 6 nitrogen and oxygen atoms in total. The molecule has 0 radical (unpaired) electrons. The monoisotopic (exact) mass is 282 g/mol. The van der Waals surface area contributed by atoms with E-state index in [-0.39, 0.29) is 12.5 Å². The Kier molecular flexibility index (Phi) is 6.04. The van der Waals surface area contributed by atoms with Crippen molar-refractivity contribution in [3.63, 3.8) is 0 Å². The van der Waals surface area contributed by atoms with Gasteiger partial charge in [0.1, 0.15) is 12.4 Å². The molecular weight excluding hydrogens is 260 g/mol. The molecule has 1 aliphatic carbocycles. The maximum atomic E-state index is 11.4. The molecule has 0 aromatic carbocycles. The van der Waals surface area contributed by atoms with E-state index in [1.54, 1.807) is 12.3 Å². The zero-order chi connectivity index (χ0) is 14.2. The van der Waals surface area contributed by atoms with Crippen molar-refractivity contribution < 1.29 is 19.1 Å². The molecule has 2 rings (SSSR count). The zero-order valence-corrected chi connectivity index (χ0v) is 11.5. The highest BCUT2D eigenvalue weighted by atomic mass is 16.5. The molecule has 1 fully saturated rings. The first-order valence-corrected chi connectivity index (χ1v) is 7.02. The fourth-order valence-corrected chi connectivity index (χ4v) is 1.75. The third-order valence-electron chi connectivity index (χ3n) is 2.99. The maximum absolute atomic E-state index is 11.4. The molecule has 1 saturated carbocycles. The second-order valence-corrected chi connectivity index (χ2v) is 5.04. The van der Waals surface area contributed by atoms with Crippen LogP contribution < -0.4 is 10.6 Å². The quantitative estimate of drug-likeness (QED) is 0.542. The van der Waals surface area contributed by atoms with Crippen LogP contribution in [0.3, 0.4) is 0 Å². The van der Waals surface area contributed by atoms with E-state index in [0.717, 1.165) is 18.6 Å². The van der Waals surface area contributed by atoms with Crippen LogP contribution in [-0.4, -0.2) is 42.9 Å². The largest absolute Gasteiger partial charge is 0.467 e. The normalized spacial score (nSPS) is 16.1. The number of aliphatic hydroxyl groups is 1. The number of furan rings is 1. The summed E-state index contributed by atoms with van der Waals surface area (Å²) in [5, 5.41) is 15.6. The van der Waals surface area contributed by atoms with Crippen LogP contribution in [0.1, 0.15) is 25.0 Å². The lowest BCUT2D eigenvalue weighted by molar-refractivity contribution is -0.121. The Morgan fingerprint density at radius 1 is 1.55 bits per heavy atom. The van der Waals surface area contributed by atoms with Crippen molar-refractivity contribution in [3.8, 4) is 0 Å². The van der Waals surface area contributed by atoms with Crippen LogP contribution in [0.4, 0.5) is 0 Å². The first-order valence-electron chi connectivity index (χ1n) is 7.02. The van der Waals surface area contributed by atoms with Crippen molar-refractivity contribution in [2.24, 2.45) is 0 Å². The second kappa shape index (κ2) is 8.04. The first kappa shape index (κ1) is 15.0. The molecule has 0 aliphatic heterocycles. The second-order valence-electron chi connectivity index (χ2n) is 5.04. The van der Waals surface area contributed by atoms with Gasteiger partial charge in [0.2, 0.25) is 5.91 Å². The van der Waals surface area contributed by atoms with Gasteiger partial charge >= 0.3 is 0 Å². The standard InChI is InChI=1S/C14H22N2O4/c17-12(9-19-10-13-2-1-7-20-13)8-15-6-5-14(18)16-11-3-4-11/h1-2,7,11-12,15,17H,3-6,8-10H2,(H,16,18). The Hall–Kier alpha value is -1.37. The number of carbonyl (C=O) groups excluding carboxylic acids is 1. The number of aliphatic hydroxyl groups excluding tert-OH is 1. The molecule has 1 atom stereocenters. The summed E-state index contributed by atoms with van der Waals surface area (Å²) < 4.78 is 10.4. The molecule has 6 heteroatoms. The van der Waals surface area contributed by atoms with Crippen LogP contribution in [0.5, 0.6) is 0 Å². The Balaban J connectivity index is 1.43. The van der Waals surface area contributed by atoms with Crippen LogP contribution >= 0.6 is 0 Å². The molecule has 112 valence electrons. The SMILES string of the molecule is O=C(CCNCC(O)COCc1ccco1)NC1CC1. The predicted molar refractivity (Wildman–Crippen MR) is 73.0 cm³/mol. The van der Waals surface area contributed by atoms with E-state index in [1.165, 1.54) is 0 Å². The molecule has 1 amide bonds. The highest BCUT2D eigenvalue weighted by Gasteiger charge is 2.22. The van der Waals surface area contributed by atoms with Crippen molar-refractivity contribution in [2.75, 3.05) is 19.7 Å². The van der Waals surface area contributed by atoms with Gasteiger partial charge in [0.15, 0.2) is 0 Å². The zero-order valence-electron chi connectivity index (χ0n) is 11.5. The van der Waals surface area contributed by atoms with E-state index < -0.39 is 6.10 Å². The topological polar surface area (TPSA) is 83.7 Å². The Morgan fingerprint density at radius 3 is 3.10 bits per heavy atom. The molecular formula is C14H22N2O4. The Labute approximate surface area is 118 Å². The molecule has 1 aromatic heterocycles. The van der Waals surface area contributed by atoms with E-state index in [4.69, 9.17) is 9.15 Å². The van der Waals surface area contributed by atoms with Crippen LogP contribution in [0.25, 0.3) is 0 Å². The van der Waals surface area contributed by atoms with E-state index in [2.05, 4.69) is 10.6 Å². The van der Waals surface area contributed by atoms with E-state index in [9.17, 15) is 9.90 Å². The summed E-state index contributed by atoms with van der Waals surface area (Å²) in [4.78, 5) is 11.4. The minimum absolute atomic E-state index is 0.0727. The van der Waals surface area contributed by atoms with Crippen LogP contribution in [-0.2, 0) is 16.1 Å². The van der Waals surface area contributed by atoms with Crippen molar-refractivity contribution >= 4 is 5.91 Å². The smallest absolute Gasteiger partial charge is 0.221 e. The number of ether oxygens (including phenoxy) is 1. The Bertz CT molecular complexity index is 390. The molecule has 0 spiro atoms. The van der Waals surface area contributed by atoms with Gasteiger partial charge in [-0.3, -0.25) is 4.79 Å². The van der Waals surface area contributed by atoms with Crippen molar-refractivity contribution in [1.29, 1.82) is 0 Å². The summed E-state index contributed by atoms with van der Waals surface area (Å²) in [7, 11) is 0. The summed E-state index contributed by atoms with van der Waals surface area (Å²) in [6.07, 6.45) is 3.65. The highest BCUT2D eigenvalue weighted by molar-refractivity contribution is 5.76. The van der Waals surface area contributed by atoms with Gasteiger partial charge in [-0.2, -0.15) is 0 Å². The average molecular weight is 282 g/mol. The number of carbonyl (C=O) groups is 1. The number of nitrogens with one attached hydrogen (secondary N) is 2. The number of amides is 1. The van der Waals surface area contributed by atoms with E-state index in [1.807, 2.05) is 6.07 Å². The maximum Gasteiger partial charge on any atom is 0.221 e. The summed E-state index contributed by atoms with van der Waals surface area (Å²) >= 11 is 0. The molecule has 3 N–H and O–H groups in total. The lowest BCUT2D eigenvalue weighted by Crippen LogP contribution is -2.34. The van der Waals surface area contributed by atoms with Gasteiger partial charge in [-0.1, -0.05) is 0 Å². The van der Waals surface area contributed by atoms with Crippen LogP contribution in [0.15, 0.2) is 22.8 Å². The molecule has 1 heterocycles. The van der Waals surface area contributed by atoms with Crippen molar-refractivity contribution in [2.45, 2.75) is 38.0 Å². The Morgan fingerprint density at radius 2 is 2.40 bits per heavy atom. The summed E-state index contributed by atoms with van der Waals surface area (Å²) in [5.74, 6) is 0.811. The number of rotatable bonds is 10. The van der Waals surface area contributed by atoms with Gasteiger partial charge in [0.25, 0.3) is 0 Å². The van der Waals surface area contributed by atoms with Gasteiger partial charge in [0, 0.05) is 25.6 Å². The van der Waals surface area contributed by atoms with Crippen LogP contribution in [0.2, 0.25) is 0 Å². The number of hydrogen-bond donors (Lipinski definition) is 3. The summed E-state index contributed by atoms with van der Waals surface area (Å²) in [6, 6.07) is 4.02. The molecule has 1 aromatic rings. The third-order valence-corrected chi connectivity index (χ3v) is 2.99. The molecule has 1 aliphatic rings. The first-order chi connectivity index (χ1) is 9.74. The lowest BCUT2D eigenvalue weighted by Gasteiger charge is -2.11. The fourth-order valence-electron chi connectivity index (χ4n) is 1.75. The van der Waals surface area contributed by atoms with E-state index in [0.29, 0.717) is 32.2 Å². The molecule has 1 unspecified atom stereocenters. The summed E-state index contributed by atoms with van der Waals surface area (Å²) in [6.45, 7) is 1.57. The lowest BCUT2D eigenvalue weighted by atomic mass is 10.3. The predicted octanol–water partition coefficient (Wildman–Crippen LogP) is 0.415.